The molecule has 5 nitrogen and oxygen atoms in total. The number of piperidine rings is 1. The molecule has 0 spiro atoms. The van der Waals surface area contributed by atoms with Crippen molar-refractivity contribution in [3.05, 3.63) is 48.3 Å². The molecule has 0 amide bonds. The molecule has 2 heterocycles. The number of likely N-dealkylation sites (tertiary alicyclic amines) is 1. The Bertz CT molecular complexity index is 615. The number of nitrogens with zero attached hydrogens (tertiary/aromatic N) is 4. The zero-order chi connectivity index (χ0) is 15.4. The van der Waals surface area contributed by atoms with Gasteiger partial charge in [0.2, 0.25) is 0 Å². The van der Waals surface area contributed by atoms with Crippen molar-refractivity contribution in [1.29, 1.82) is 0 Å². The average Bonchev–Trinajstić information content (AvgIpc) is 3.07. The van der Waals surface area contributed by atoms with E-state index in [9.17, 15) is 0 Å². The monoisotopic (exact) mass is 297 g/mol. The maximum atomic E-state index is 6.13. The largest absolute Gasteiger partial charge is 0.370 e. The van der Waals surface area contributed by atoms with Crippen molar-refractivity contribution in [3.63, 3.8) is 0 Å². The molecule has 3 rings (SSSR count). The zero-order valence-electron chi connectivity index (χ0n) is 13.0. The minimum absolute atomic E-state index is 0.621. The molecule has 1 unspecified atom stereocenters. The van der Waals surface area contributed by atoms with E-state index in [2.05, 4.69) is 46.2 Å². The number of aromatic nitrogens is 2. The Morgan fingerprint density at radius 3 is 2.86 bits per heavy atom. The molecule has 0 radical (unpaired) electrons. The van der Waals surface area contributed by atoms with Crippen LogP contribution in [0.3, 0.4) is 0 Å². The lowest BCUT2D eigenvalue weighted by Gasteiger charge is -2.31. The van der Waals surface area contributed by atoms with Gasteiger partial charge in [-0.25, -0.2) is 9.67 Å². The molecule has 1 aromatic carbocycles. The van der Waals surface area contributed by atoms with E-state index in [1.165, 1.54) is 12.8 Å². The third-order valence-electron chi connectivity index (χ3n) is 4.11. The van der Waals surface area contributed by atoms with Crippen LogP contribution in [0.2, 0.25) is 0 Å². The van der Waals surface area contributed by atoms with Gasteiger partial charge in [0.25, 0.3) is 0 Å². The number of guanidine groups is 1. The van der Waals surface area contributed by atoms with Crippen molar-refractivity contribution in [3.8, 4) is 5.69 Å². The van der Waals surface area contributed by atoms with E-state index in [4.69, 9.17) is 5.73 Å². The Morgan fingerprint density at radius 2 is 2.18 bits per heavy atom. The van der Waals surface area contributed by atoms with E-state index < -0.39 is 0 Å². The maximum absolute atomic E-state index is 6.13. The highest BCUT2D eigenvalue weighted by Gasteiger charge is 2.17. The summed E-state index contributed by atoms with van der Waals surface area (Å²) in [5.74, 6) is 1.37. The molecule has 1 fully saturated rings. The summed E-state index contributed by atoms with van der Waals surface area (Å²) in [7, 11) is 0. The summed E-state index contributed by atoms with van der Waals surface area (Å²) in [5.41, 5.74) is 8.34. The normalized spacial score (nSPS) is 19.4. The Labute approximate surface area is 131 Å². The van der Waals surface area contributed by atoms with E-state index in [1.807, 2.05) is 16.9 Å². The summed E-state index contributed by atoms with van der Waals surface area (Å²) >= 11 is 0. The van der Waals surface area contributed by atoms with Gasteiger partial charge >= 0.3 is 0 Å². The fourth-order valence-corrected chi connectivity index (χ4v) is 2.85. The molecule has 5 heteroatoms. The van der Waals surface area contributed by atoms with Crippen molar-refractivity contribution in [2.45, 2.75) is 26.3 Å². The summed E-state index contributed by atoms with van der Waals surface area (Å²) in [6.45, 7) is 4.94. The van der Waals surface area contributed by atoms with Crippen LogP contribution in [0.5, 0.6) is 0 Å². The first-order chi connectivity index (χ1) is 10.7. The Balaban J connectivity index is 1.62. The quantitative estimate of drug-likeness (QED) is 0.699. The Kier molecular flexibility index (Phi) is 4.42. The zero-order valence-corrected chi connectivity index (χ0v) is 13.0. The maximum Gasteiger partial charge on any atom is 0.191 e. The van der Waals surface area contributed by atoms with E-state index in [1.54, 1.807) is 6.20 Å². The fraction of sp³-hybridized carbons (Fsp3) is 0.412. The van der Waals surface area contributed by atoms with Crippen LogP contribution in [-0.4, -0.2) is 33.7 Å². The Hall–Kier alpha value is -2.30. The molecular weight excluding hydrogens is 274 g/mol. The second-order valence-corrected chi connectivity index (χ2v) is 5.98. The fourth-order valence-electron chi connectivity index (χ4n) is 2.85. The predicted molar refractivity (Wildman–Crippen MR) is 88.9 cm³/mol. The molecule has 0 bridgehead atoms. The van der Waals surface area contributed by atoms with Crippen LogP contribution in [0.15, 0.2) is 47.7 Å². The molecule has 1 saturated heterocycles. The molecule has 22 heavy (non-hydrogen) atoms. The highest BCUT2D eigenvalue weighted by molar-refractivity contribution is 5.78. The van der Waals surface area contributed by atoms with Crippen LogP contribution < -0.4 is 5.73 Å². The third-order valence-corrected chi connectivity index (χ3v) is 4.11. The lowest BCUT2D eigenvalue weighted by molar-refractivity contribution is 0.270. The standard InChI is InChI=1S/C17H23N5/c1-14-4-2-10-21(13-14)17(18)19-12-15-5-7-16(8-6-15)22-11-3-9-20-22/h3,5-9,11,14H,2,4,10,12-13H2,1H3,(H2,18,19). The number of rotatable bonds is 3. The van der Waals surface area contributed by atoms with Gasteiger partial charge in [0.05, 0.1) is 12.2 Å². The molecule has 0 aliphatic carbocycles. The first kappa shape index (κ1) is 14.6. The topological polar surface area (TPSA) is 59.4 Å². The number of hydrogen-bond acceptors (Lipinski definition) is 2. The summed E-state index contributed by atoms with van der Waals surface area (Å²) in [4.78, 5) is 6.74. The first-order valence-electron chi connectivity index (χ1n) is 7.86. The van der Waals surface area contributed by atoms with Gasteiger partial charge in [-0.1, -0.05) is 19.1 Å². The average molecular weight is 297 g/mol. The lowest BCUT2D eigenvalue weighted by Crippen LogP contribution is -2.43. The molecule has 116 valence electrons. The Morgan fingerprint density at radius 1 is 1.36 bits per heavy atom. The van der Waals surface area contributed by atoms with Crippen LogP contribution in [0, 0.1) is 5.92 Å². The summed E-state index contributed by atoms with van der Waals surface area (Å²) < 4.78 is 1.84. The van der Waals surface area contributed by atoms with E-state index >= 15 is 0 Å². The van der Waals surface area contributed by atoms with E-state index in [0.29, 0.717) is 18.4 Å². The number of aliphatic imine (C=N–C) groups is 1. The minimum Gasteiger partial charge on any atom is -0.370 e. The summed E-state index contributed by atoms with van der Waals surface area (Å²) in [6, 6.07) is 10.2. The molecule has 1 aliphatic heterocycles. The van der Waals surface area contributed by atoms with Crippen molar-refractivity contribution < 1.29 is 0 Å². The van der Waals surface area contributed by atoms with Gasteiger partial charge in [0.15, 0.2) is 5.96 Å². The van der Waals surface area contributed by atoms with Crippen LogP contribution in [-0.2, 0) is 6.54 Å². The highest BCUT2D eigenvalue weighted by Crippen LogP contribution is 2.15. The SMILES string of the molecule is CC1CCCN(C(N)=NCc2ccc(-n3cccn3)cc2)C1. The molecule has 1 atom stereocenters. The number of nitrogens with two attached hydrogens (primary N) is 1. The van der Waals surface area contributed by atoms with Crippen molar-refractivity contribution in [2.24, 2.45) is 16.6 Å². The van der Waals surface area contributed by atoms with Crippen LogP contribution in [0.1, 0.15) is 25.3 Å². The van der Waals surface area contributed by atoms with Crippen LogP contribution >= 0.6 is 0 Å². The lowest BCUT2D eigenvalue weighted by atomic mass is 10.0. The minimum atomic E-state index is 0.621. The second-order valence-electron chi connectivity index (χ2n) is 5.98. The van der Waals surface area contributed by atoms with E-state index in [0.717, 1.165) is 24.3 Å². The summed E-state index contributed by atoms with van der Waals surface area (Å²) in [5, 5.41) is 4.22. The van der Waals surface area contributed by atoms with Crippen molar-refractivity contribution in [2.75, 3.05) is 13.1 Å². The van der Waals surface area contributed by atoms with Gasteiger partial charge in [-0.05, 0) is 42.5 Å². The van der Waals surface area contributed by atoms with E-state index in [-0.39, 0.29) is 0 Å². The van der Waals surface area contributed by atoms with Crippen molar-refractivity contribution in [1.82, 2.24) is 14.7 Å². The molecule has 1 aliphatic rings. The van der Waals surface area contributed by atoms with Gasteiger partial charge in [-0.3, -0.25) is 0 Å². The van der Waals surface area contributed by atoms with Gasteiger partial charge in [0.1, 0.15) is 0 Å². The molecule has 1 aromatic heterocycles. The van der Waals surface area contributed by atoms with Gasteiger partial charge < -0.3 is 10.6 Å². The van der Waals surface area contributed by atoms with Crippen LogP contribution in [0.4, 0.5) is 0 Å². The molecule has 2 N–H and O–H groups in total. The molecule has 2 aromatic rings. The van der Waals surface area contributed by atoms with Gasteiger partial charge in [-0.15, -0.1) is 0 Å². The smallest absolute Gasteiger partial charge is 0.191 e. The molecule has 0 saturated carbocycles. The first-order valence-corrected chi connectivity index (χ1v) is 7.86. The molecular formula is C17H23N5. The number of hydrogen-bond donors (Lipinski definition) is 1. The van der Waals surface area contributed by atoms with Gasteiger partial charge in [0, 0.05) is 25.5 Å². The third kappa shape index (κ3) is 3.47. The summed E-state index contributed by atoms with van der Waals surface area (Å²) in [6.07, 6.45) is 6.20. The van der Waals surface area contributed by atoms with Crippen LogP contribution in [0.25, 0.3) is 5.69 Å². The predicted octanol–water partition coefficient (Wildman–Crippen LogP) is 2.42. The highest BCUT2D eigenvalue weighted by atomic mass is 15.3. The van der Waals surface area contributed by atoms with Gasteiger partial charge in [-0.2, -0.15) is 5.10 Å². The number of benzene rings is 1. The second kappa shape index (κ2) is 6.64. The van der Waals surface area contributed by atoms with Crippen molar-refractivity contribution >= 4 is 5.96 Å².